The van der Waals surface area contributed by atoms with Crippen molar-refractivity contribution in [1.29, 1.82) is 0 Å². The maximum atomic E-state index is 6.03. The number of piperidine rings is 1. The van der Waals surface area contributed by atoms with Crippen molar-refractivity contribution < 1.29 is 4.74 Å². The van der Waals surface area contributed by atoms with Crippen molar-refractivity contribution in [2.45, 2.75) is 25.4 Å². The van der Waals surface area contributed by atoms with Crippen molar-refractivity contribution in [1.82, 2.24) is 9.97 Å². The molecule has 0 bridgehead atoms. The standard InChI is InChI=1S/C13H16ClN3OS/c1-13(18-2)5-3-6-17(8-13)10-9-4-7-19-11(9)16-12(14)15-10/h4,7H,3,5-6,8H2,1-2H3. The van der Waals surface area contributed by atoms with E-state index in [1.165, 1.54) is 0 Å². The normalized spacial score (nSPS) is 24.1. The minimum absolute atomic E-state index is 0.113. The van der Waals surface area contributed by atoms with Crippen molar-refractivity contribution in [3.63, 3.8) is 0 Å². The zero-order valence-corrected chi connectivity index (χ0v) is 12.6. The van der Waals surface area contributed by atoms with Crippen molar-refractivity contribution in [3.05, 3.63) is 16.7 Å². The first kappa shape index (κ1) is 13.1. The largest absolute Gasteiger partial charge is 0.377 e. The van der Waals surface area contributed by atoms with Gasteiger partial charge in [-0.25, -0.2) is 4.98 Å². The lowest BCUT2D eigenvalue weighted by molar-refractivity contribution is -0.00475. The number of halogens is 1. The average Bonchev–Trinajstić information content (AvgIpc) is 2.86. The van der Waals surface area contributed by atoms with Crippen LogP contribution in [-0.4, -0.2) is 35.8 Å². The highest BCUT2D eigenvalue weighted by molar-refractivity contribution is 7.16. The van der Waals surface area contributed by atoms with Gasteiger partial charge in [-0.15, -0.1) is 11.3 Å². The van der Waals surface area contributed by atoms with E-state index in [0.717, 1.165) is 42.0 Å². The molecule has 1 saturated heterocycles. The van der Waals surface area contributed by atoms with Gasteiger partial charge in [0.05, 0.1) is 11.0 Å². The average molecular weight is 298 g/mol. The molecule has 1 unspecified atom stereocenters. The van der Waals surface area contributed by atoms with E-state index in [1.807, 2.05) is 5.38 Å². The van der Waals surface area contributed by atoms with Crippen molar-refractivity contribution in [2.75, 3.05) is 25.1 Å². The van der Waals surface area contributed by atoms with Crippen molar-refractivity contribution in [2.24, 2.45) is 0 Å². The van der Waals surface area contributed by atoms with E-state index in [2.05, 4.69) is 27.9 Å². The highest BCUT2D eigenvalue weighted by Gasteiger charge is 2.32. The van der Waals surface area contributed by atoms with Crippen molar-refractivity contribution >= 4 is 39.0 Å². The number of hydrogen-bond donors (Lipinski definition) is 0. The summed E-state index contributed by atoms with van der Waals surface area (Å²) < 4.78 is 5.64. The van der Waals surface area contributed by atoms with Gasteiger partial charge in [0.2, 0.25) is 5.28 Å². The molecule has 0 saturated carbocycles. The minimum Gasteiger partial charge on any atom is -0.377 e. The fourth-order valence-electron chi connectivity index (χ4n) is 2.61. The summed E-state index contributed by atoms with van der Waals surface area (Å²) in [5, 5.41) is 3.42. The van der Waals surface area contributed by atoms with E-state index >= 15 is 0 Å². The molecule has 3 heterocycles. The van der Waals surface area contributed by atoms with Crippen LogP contribution in [0, 0.1) is 0 Å². The number of hydrogen-bond acceptors (Lipinski definition) is 5. The fourth-order valence-corrected chi connectivity index (χ4v) is 3.58. The van der Waals surface area contributed by atoms with Crippen LogP contribution in [0.4, 0.5) is 5.82 Å². The van der Waals surface area contributed by atoms with Gasteiger partial charge in [-0.3, -0.25) is 0 Å². The van der Waals surface area contributed by atoms with Gasteiger partial charge in [-0.1, -0.05) is 0 Å². The highest BCUT2D eigenvalue weighted by Crippen LogP contribution is 2.33. The topological polar surface area (TPSA) is 38.2 Å². The molecule has 0 aliphatic carbocycles. The fraction of sp³-hybridized carbons (Fsp3) is 0.538. The van der Waals surface area contributed by atoms with E-state index in [9.17, 15) is 0 Å². The van der Waals surface area contributed by atoms with Crippen molar-refractivity contribution in [3.8, 4) is 0 Å². The quantitative estimate of drug-likeness (QED) is 0.797. The van der Waals surface area contributed by atoms with Gasteiger partial charge >= 0.3 is 0 Å². The van der Waals surface area contributed by atoms with Crippen LogP contribution in [0.5, 0.6) is 0 Å². The summed E-state index contributed by atoms with van der Waals surface area (Å²) in [6.07, 6.45) is 2.17. The second kappa shape index (κ2) is 4.89. The van der Waals surface area contributed by atoms with Crippen LogP contribution in [0.25, 0.3) is 10.2 Å². The molecule has 0 radical (unpaired) electrons. The number of rotatable bonds is 2. The van der Waals surface area contributed by atoms with Gasteiger partial charge in [0.1, 0.15) is 10.6 Å². The van der Waals surface area contributed by atoms with E-state index in [4.69, 9.17) is 16.3 Å². The number of nitrogens with zero attached hydrogens (tertiary/aromatic N) is 3. The van der Waals surface area contributed by atoms with Gasteiger partial charge in [0.15, 0.2) is 0 Å². The second-order valence-electron chi connectivity index (χ2n) is 5.13. The first-order valence-corrected chi connectivity index (χ1v) is 7.58. The van der Waals surface area contributed by atoms with E-state index in [-0.39, 0.29) is 5.60 Å². The Kier molecular flexibility index (Phi) is 3.37. The molecule has 0 amide bonds. The number of anilines is 1. The number of ether oxygens (including phenoxy) is 1. The van der Waals surface area contributed by atoms with E-state index < -0.39 is 0 Å². The molecule has 1 atom stereocenters. The molecule has 2 aromatic rings. The molecule has 3 rings (SSSR count). The Hall–Kier alpha value is -0.910. The first-order valence-electron chi connectivity index (χ1n) is 6.32. The highest BCUT2D eigenvalue weighted by atomic mass is 35.5. The molecule has 1 fully saturated rings. The van der Waals surface area contributed by atoms with Crippen LogP contribution in [0.3, 0.4) is 0 Å². The summed E-state index contributed by atoms with van der Waals surface area (Å²) in [6.45, 7) is 3.96. The number of thiophene rings is 1. The number of methoxy groups -OCH3 is 1. The molecule has 6 heteroatoms. The summed E-state index contributed by atoms with van der Waals surface area (Å²) >= 11 is 7.62. The van der Waals surface area contributed by atoms with Gasteiger partial charge in [-0.05, 0) is 42.8 Å². The van der Waals surface area contributed by atoms with Gasteiger partial charge in [-0.2, -0.15) is 4.98 Å². The summed E-state index contributed by atoms with van der Waals surface area (Å²) in [5.74, 6) is 0.930. The van der Waals surface area contributed by atoms with Crippen LogP contribution >= 0.6 is 22.9 Å². The molecule has 1 aliphatic rings. The lowest BCUT2D eigenvalue weighted by atomic mass is 9.94. The van der Waals surface area contributed by atoms with E-state index in [0.29, 0.717) is 5.28 Å². The zero-order chi connectivity index (χ0) is 13.5. The van der Waals surface area contributed by atoms with Crippen LogP contribution < -0.4 is 4.90 Å². The maximum Gasteiger partial charge on any atom is 0.225 e. The summed E-state index contributed by atoms with van der Waals surface area (Å²) in [7, 11) is 1.77. The molecule has 0 spiro atoms. The van der Waals surface area contributed by atoms with Gasteiger partial charge in [0.25, 0.3) is 0 Å². The molecule has 0 aromatic carbocycles. The Labute approximate surface area is 121 Å². The number of fused-ring (bicyclic) bond motifs is 1. The lowest BCUT2D eigenvalue weighted by Gasteiger charge is -2.40. The predicted molar refractivity (Wildman–Crippen MR) is 79.3 cm³/mol. The van der Waals surface area contributed by atoms with Crippen LogP contribution in [-0.2, 0) is 4.74 Å². The molecular formula is C13H16ClN3OS. The van der Waals surface area contributed by atoms with Gasteiger partial charge < -0.3 is 9.64 Å². The molecule has 19 heavy (non-hydrogen) atoms. The molecule has 4 nitrogen and oxygen atoms in total. The Morgan fingerprint density at radius 2 is 2.32 bits per heavy atom. The SMILES string of the molecule is COC1(C)CCCN(c2nc(Cl)nc3sccc23)C1. The zero-order valence-electron chi connectivity index (χ0n) is 11.0. The molecule has 102 valence electrons. The number of aromatic nitrogens is 2. The predicted octanol–water partition coefficient (Wildman–Crippen LogP) is 3.35. The van der Waals surface area contributed by atoms with Crippen LogP contribution in [0.15, 0.2) is 11.4 Å². The molecular weight excluding hydrogens is 282 g/mol. The third-order valence-corrected chi connectivity index (χ3v) is 4.70. The minimum atomic E-state index is -0.113. The molecule has 0 N–H and O–H groups in total. The smallest absolute Gasteiger partial charge is 0.225 e. The second-order valence-corrected chi connectivity index (χ2v) is 6.37. The Morgan fingerprint density at radius 1 is 1.47 bits per heavy atom. The first-order chi connectivity index (χ1) is 9.11. The Morgan fingerprint density at radius 3 is 3.11 bits per heavy atom. The Bertz CT molecular complexity index is 603. The lowest BCUT2D eigenvalue weighted by Crippen LogP contribution is -2.47. The summed E-state index contributed by atoms with van der Waals surface area (Å²) in [6, 6.07) is 2.06. The van der Waals surface area contributed by atoms with E-state index in [1.54, 1.807) is 18.4 Å². The third kappa shape index (κ3) is 2.42. The summed E-state index contributed by atoms with van der Waals surface area (Å²) in [4.78, 5) is 11.9. The Balaban J connectivity index is 2.01. The monoisotopic (exact) mass is 297 g/mol. The molecule has 1 aliphatic heterocycles. The van der Waals surface area contributed by atoms with Crippen LogP contribution in [0.2, 0.25) is 5.28 Å². The van der Waals surface area contributed by atoms with Crippen LogP contribution in [0.1, 0.15) is 19.8 Å². The molecule has 2 aromatic heterocycles. The van der Waals surface area contributed by atoms with Gasteiger partial charge in [0, 0.05) is 20.2 Å². The summed E-state index contributed by atoms with van der Waals surface area (Å²) in [5.41, 5.74) is -0.113. The third-order valence-electron chi connectivity index (χ3n) is 3.73. The maximum absolute atomic E-state index is 6.03.